The lowest BCUT2D eigenvalue weighted by atomic mass is 9.90. The van der Waals surface area contributed by atoms with E-state index in [9.17, 15) is 4.79 Å². The van der Waals surface area contributed by atoms with Gasteiger partial charge in [0, 0.05) is 0 Å². The van der Waals surface area contributed by atoms with Crippen LogP contribution in [-0.4, -0.2) is 57.5 Å². The van der Waals surface area contributed by atoms with Crippen LogP contribution in [0.1, 0.15) is 47.0 Å². The summed E-state index contributed by atoms with van der Waals surface area (Å²) in [7, 11) is -5.36. The predicted molar refractivity (Wildman–Crippen MR) is 126 cm³/mol. The van der Waals surface area contributed by atoms with Crippen molar-refractivity contribution in [2.75, 3.05) is 13.1 Å². The molecule has 2 rings (SSSR count). The average Bonchev–Trinajstić information content (AvgIpc) is 2.97. The van der Waals surface area contributed by atoms with Gasteiger partial charge in [0.2, 0.25) is 0 Å². The quantitative estimate of drug-likeness (QED) is 0.267. The molecule has 2 bridgehead atoms. The van der Waals surface area contributed by atoms with Crippen LogP contribution >= 0.6 is 23.2 Å². The third-order valence-electron chi connectivity index (χ3n) is 6.71. The Morgan fingerprint density at radius 3 is 1.52 bits per heavy atom. The molecule has 8 heteroatoms. The second-order valence-electron chi connectivity index (χ2n) is 11.1. The summed E-state index contributed by atoms with van der Waals surface area (Å²) in [4.78, 5) is 13.2. The van der Waals surface area contributed by atoms with E-state index in [4.69, 9.17) is 42.3 Å². The number of fused-ring (bicyclic) bond motifs is 2. The molecule has 4 unspecified atom stereocenters. The van der Waals surface area contributed by atoms with Crippen LogP contribution in [0.2, 0.25) is 36.3 Å². The Hall–Kier alpha value is 0.304. The Kier molecular flexibility index (Phi) is 5.31. The lowest BCUT2D eigenvalue weighted by molar-refractivity contribution is -0.164. The van der Waals surface area contributed by atoms with Crippen LogP contribution in [0.4, 0.5) is 0 Å². The Morgan fingerprint density at radius 2 is 1.24 bits per heavy atom. The second-order valence-corrected chi connectivity index (χ2v) is 21.4. The van der Waals surface area contributed by atoms with Gasteiger partial charge in [-0.15, -0.1) is 23.2 Å². The third kappa shape index (κ3) is 4.59. The van der Waals surface area contributed by atoms with Crippen molar-refractivity contribution in [2.24, 2.45) is 0 Å². The molecule has 1 saturated heterocycles. The van der Waals surface area contributed by atoms with Gasteiger partial charge in [0.1, 0.15) is 22.0 Å². The molecule has 0 aromatic heterocycles. The van der Waals surface area contributed by atoms with Crippen molar-refractivity contribution in [3.05, 3.63) is 12.2 Å². The van der Waals surface area contributed by atoms with E-state index in [-0.39, 0.29) is 10.1 Å². The van der Waals surface area contributed by atoms with E-state index in [0.29, 0.717) is 0 Å². The van der Waals surface area contributed by atoms with Crippen molar-refractivity contribution in [1.82, 2.24) is 0 Å². The van der Waals surface area contributed by atoms with Crippen molar-refractivity contribution in [3.63, 3.8) is 0 Å². The van der Waals surface area contributed by atoms with Crippen molar-refractivity contribution in [2.45, 2.75) is 99.8 Å². The molecule has 0 radical (unpaired) electrons. The number of carbonyl (C=O) groups excluding carboxylic acids is 1. The van der Waals surface area contributed by atoms with Gasteiger partial charge in [-0.3, -0.25) is 4.79 Å². The molecule has 0 aliphatic carbocycles. The van der Waals surface area contributed by atoms with E-state index in [0.717, 1.165) is 0 Å². The Bertz CT molecular complexity index is 775. The van der Waals surface area contributed by atoms with E-state index in [1.807, 2.05) is 67.7 Å². The lowest BCUT2D eigenvalue weighted by Crippen LogP contribution is -2.64. The lowest BCUT2D eigenvalue weighted by Gasteiger charge is -2.48. The topological polar surface area (TPSA) is 44.8 Å². The summed E-state index contributed by atoms with van der Waals surface area (Å²) in [5.74, 6) is -0.722. The monoisotopic (exact) mass is 484 g/mol. The van der Waals surface area contributed by atoms with Crippen LogP contribution in [0, 0.1) is 0 Å². The molecule has 2 heterocycles. The van der Waals surface area contributed by atoms with Gasteiger partial charge in [-0.2, -0.15) is 0 Å². The molecule has 2 aliphatic rings. The Labute approximate surface area is 194 Å². The predicted octanol–water partition coefficient (Wildman–Crippen LogP) is 5.89. The largest absolute Gasteiger partial charge is 0.413 e. The van der Waals surface area contributed by atoms with E-state index in [1.54, 1.807) is 0 Å². The summed E-state index contributed by atoms with van der Waals surface area (Å²) in [5, 5.41) is -3.66. The first-order valence-corrected chi connectivity index (χ1v) is 16.6. The van der Waals surface area contributed by atoms with Gasteiger partial charge in [-0.25, -0.2) is 0 Å². The highest BCUT2D eigenvalue weighted by Gasteiger charge is 2.63. The number of ether oxygens (including phenoxy) is 1. The molecule has 2 aliphatic heterocycles. The zero-order valence-electron chi connectivity index (χ0n) is 23.2. The first kappa shape index (κ1) is 19.9. The normalized spacial score (nSPS) is 36.5. The van der Waals surface area contributed by atoms with E-state index in [2.05, 4.69) is 0 Å². The molecule has 0 aromatic carbocycles. The molecule has 1 fully saturated rings. The standard InChI is InChI=1S/C21H38Cl2O4Si2/c1-18(2,3)28(7,8)25-13-20-11-12-21(27-20,17(23)15(24)16(20)22)14-26-29(9,10)19(4,5)6/h11-12,16-17H,13-14H2,1-10H3/i13D2,14D2. The van der Waals surface area contributed by atoms with Crippen LogP contribution < -0.4 is 0 Å². The van der Waals surface area contributed by atoms with Crippen LogP contribution in [0.25, 0.3) is 0 Å². The number of rotatable bonds is 6. The fourth-order valence-electron chi connectivity index (χ4n) is 2.35. The highest BCUT2D eigenvalue weighted by Crippen LogP contribution is 2.48. The van der Waals surface area contributed by atoms with Crippen LogP contribution in [0.5, 0.6) is 0 Å². The van der Waals surface area contributed by atoms with Gasteiger partial charge in [0.15, 0.2) is 22.4 Å². The molecule has 0 amide bonds. The summed E-state index contributed by atoms with van der Waals surface area (Å²) in [6.07, 6.45) is 2.62. The van der Waals surface area contributed by atoms with Gasteiger partial charge < -0.3 is 13.6 Å². The second kappa shape index (κ2) is 7.71. The third-order valence-corrected chi connectivity index (χ3v) is 16.2. The zero-order valence-corrected chi connectivity index (χ0v) is 22.7. The summed E-state index contributed by atoms with van der Waals surface area (Å²) in [6, 6.07) is 0. The number of hydrogen-bond donors (Lipinski definition) is 0. The maximum Gasteiger partial charge on any atom is 0.192 e. The zero-order chi connectivity index (χ0) is 26.3. The molecule has 0 aromatic rings. The molecule has 168 valence electrons. The Balaban J connectivity index is 2.59. The number of hydrogen-bond acceptors (Lipinski definition) is 4. The van der Waals surface area contributed by atoms with Crippen molar-refractivity contribution >= 4 is 45.6 Å². The number of ketones is 1. The van der Waals surface area contributed by atoms with Gasteiger partial charge in [-0.1, -0.05) is 41.5 Å². The number of Topliss-reactive ketones (excluding diaryl/α,β-unsaturated/α-hetero) is 1. The average molecular weight is 486 g/mol. The van der Waals surface area contributed by atoms with E-state index < -0.39 is 57.5 Å². The van der Waals surface area contributed by atoms with Gasteiger partial charge in [0.05, 0.1) is 18.6 Å². The number of carbonyl (C=O) groups is 1. The molecule has 0 spiro atoms. The Morgan fingerprint density at radius 1 is 0.931 bits per heavy atom. The van der Waals surface area contributed by atoms with Crippen molar-refractivity contribution in [3.8, 4) is 0 Å². The van der Waals surface area contributed by atoms with Gasteiger partial charge >= 0.3 is 0 Å². The molecule has 4 atom stereocenters. The van der Waals surface area contributed by atoms with Crippen molar-refractivity contribution < 1.29 is 23.9 Å². The molecule has 29 heavy (non-hydrogen) atoms. The maximum atomic E-state index is 13.2. The van der Waals surface area contributed by atoms with Crippen LogP contribution in [0.15, 0.2) is 12.2 Å². The maximum absolute atomic E-state index is 13.2. The van der Waals surface area contributed by atoms with E-state index in [1.165, 1.54) is 12.2 Å². The number of halogens is 2. The fourth-order valence-corrected chi connectivity index (χ4v) is 4.43. The highest BCUT2D eigenvalue weighted by atomic mass is 35.5. The minimum atomic E-state index is -2.68. The molecule has 4 nitrogen and oxygen atoms in total. The van der Waals surface area contributed by atoms with Crippen LogP contribution in [0.3, 0.4) is 0 Å². The first-order valence-electron chi connectivity index (χ1n) is 11.9. The van der Waals surface area contributed by atoms with Gasteiger partial charge in [-0.05, 0) is 48.4 Å². The summed E-state index contributed by atoms with van der Waals surface area (Å²) in [5.41, 5.74) is -4.12. The molecular formula is C21H38Cl2O4Si2. The minimum absolute atomic E-state index is 0.327. The SMILES string of the molecule is [2H]C([2H])(O[Si](C)(C)C(C)(C)C)C12C=CC(C([2H])([2H])O[Si](C)(C)C(C)(C)C)(O1)C(Cl)C(=O)C2Cl. The minimum Gasteiger partial charge on any atom is -0.413 e. The first-order chi connectivity index (χ1) is 14.3. The summed E-state index contributed by atoms with van der Waals surface area (Å²) < 4.78 is 53.7. The molecule has 0 N–H and O–H groups in total. The van der Waals surface area contributed by atoms with E-state index >= 15 is 0 Å². The molecular weight excluding hydrogens is 443 g/mol. The summed E-state index contributed by atoms with van der Waals surface area (Å²) >= 11 is 13.0. The fraction of sp³-hybridized carbons (Fsp3) is 0.857. The van der Waals surface area contributed by atoms with Gasteiger partial charge in [0.25, 0.3) is 0 Å². The number of alkyl halides is 2. The smallest absolute Gasteiger partial charge is 0.192 e. The van der Waals surface area contributed by atoms with Crippen molar-refractivity contribution in [1.29, 1.82) is 0 Å². The highest BCUT2D eigenvalue weighted by molar-refractivity contribution is 6.74. The summed E-state index contributed by atoms with van der Waals surface area (Å²) in [6.45, 7) is 14.3. The van der Waals surface area contributed by atoms with Crippen LogP contribution in [-0.2, 0) is 18.4 Å². The molecule has 0 saturated carbocycles.